The van der Waals surface area contributed by atoms with Crippen molar-refractivity contribution >= 4 is 5.96 Å². The van der Waals surface area contributed by atoms with Gasteiger partial charge < -0.3 is 25.0 Å². The SMILES string of the molecule is CCCN1CCC(NC(=NC)NCc2ccc(OC3CCCC3)c(OC)c2)CC1. The summed E-state index contributed by atoms with van der Waals surface area (Å²) in [5, 5.41) is 7.03. The number of nitrogens with zero attached hydrogens (tertiary/aromatic N) is 2. The summed E-state index contributed by atoms with van der Waals surface area (Å²) in [7, 11) is 3.54. The smallest absolute Gasteiger partial charge is 0.191 e. The molecule has 2 fully saturated rings. The molecule has 2 aliphatic rings. The maximum atomic E-state index is 6.14. The van der Waals surface area contributed by atoms with Crippen molar-refractivity contribution in [3.63, 3.8) is 0 Å². The molecule has 0 spiro atoms. The molecule has 3 rings (SSSR count). The molecule has 0 unspecified atom stereocenters. The van der Waals surface area contributed by atoms with Gasteiger partial charge in [0.05, 0.1) is 13.2 Å². The van der Waals surface area contributed by atoms with Gasteiger partial charge in [-0.15, -0.1) is 0 Å². The Bertz CT molecular complexity index is 650. The van der Waals surface area contributed by atoms with Crippen LogP contribution in [0.25, 0.3) is 0 Å². The van der Waals surface area contributed by atoms with Crippen LogP contribution in [0.2, 0.25) is 0 Å². The van der Waals surface area contributed by atoms with Gasteiger partial charge in [0.1, 0.15) is 0 Å². The molecule has 0 aromatic heterocycles. The fraction of sp³-hybridized carbons (Fsp3) is 0.696. The zero-order chi connectivity index (χ0) is 20.5. The molecule has 162 valence electrons. The van der Waals surface area contributed by atoms with Gasteiger partial charge in [0.25, 0.3) is 0 Å². The zero-order valence-corrected chi connectivity index (χ0v) is 18.4. The second kappa shape index (κ2) is 11.3. The summed E-state index contributed by atoms with van der Waals surface area (Å²) >= 11 is 0. The van der Waals surface area contributed by atoms with Gasteiger partial charge in [0.15, 0.2) is 17.5 Å². The number of piperidine rings is 1. The molecule has 0 bridgehead atoms. The van der Waals surface area contributed by atoms with E-state index in [1.165, 1.54) is 51.7 Å². The number of likely N-dealkylation sites (tertiary alicyclic amines) is 1. The third-order valence-electron chi connectivity index (χ3n) is 5.98. The number of benzene rings is 1. The summed E-state index contributed by atoms with van der Waals surface area (Å²) in [6, 6.07) is 6.70. The molecule has 1 saturated carbocycles. The number of hydrogen-bond acceptors (Lipinski definition) is 4. The van der Waals surface area contributed by atoms with Gasteiger partial charge >= 0.3 is 0 Å². The average Bonchev–Trinajstić information content (AvgIpc) is 3.26. The van der Waals surface area contributed by atoms with Crippen molar-refractivity contribution in [1.29, 1.82) is 0 Å². The molecule has 2 N–H and O–H groups in total. The molecule has 1 aliphatic carbocycles. The van der Waals surface area contributed by atoms with Crippen LogP contribution in [0.1, 0.15) is 57.4 Å². The highest BCUT2D eigenvalue weighted by molar-refractivity contribution is 5.80. The fourth-order valence-corrected chi connectivity index (χ4v) is 4.30. The molecule has 1 aromatic rings. The molecule has 0 amide bonds. The molecular weight excluding hydrogens is 364 g/mol. The van der Waals surface area contributed by atoms with Crippen LogP contribution in [0.4, 0.5) is 0 Å². The van der Waals surface area contributed by atoms with Gasteiger partial charge in [0.2, 0.25) is 0 Å². The Hall–Kier alpha value is -1.95. The lowest BCUT2D eigenvalue weighted by atomic mass is 10.1. The zero-order valence-electron chi connectivity index (χ0n) is 18.4. The van der Waals surface area contributed by atoms with Crippen molar-refractivity contribution in [2.75, 3.05) is 33.8 Å². The molecule has 0 atom stereocenters. The van der Waals surface area contributed by atoms with Gasteiger partial charge in [-0.1, -0.05) is 13.0 Å². The Morgan fingerprint density at radius 2 is 1.90 bits per heavy atom. The molecule has 1 heterocycles. The number of guanidine groups is 1. The minimum atomic E-state index is 0.333. The lowest BCUT2D eigenvalue weighted by Crippen LogP contribution is -2.48. The van der Waals surface area contributed by atoms with E-state index in [2.05, 4.69) is 39.6 Å². The second-order valence-corrected chi connectivity index (χ2v) is 8.20. The van der Waals surface area contributed by atoms with Crippen molar-refractivity contribution in [3.8, 4) is 11.5 Å². The van der Waals surface area contributed by atoms with E-state index in [-0.39, 0.29) is 0 Å². The van der Waals surface area contributed by atoms with Crippen LogP contribution in [-0.4, -0.2) is 56.8 Å². The largest absolute Gasteiger partial charge is 0.493 e. The normalized spacial score (nSPS) is 19.3. The van der Waals surface area contributed by atoms with E-state index in [0.29, 0.717) is 18.7 Å². The number of rotatable bonds is 8. The van der Waals surface area contributed by atoms with Crippen LogP contribution in [0, 0.1) is 0 Å². The quantitative estimate of drug-likeness (QED) is 0.514. The van der Waals surface area contributed by atoms with Gasteiger partial charge in [-0.05, 0) is 69.2 Å². The lowest BCUT2D eigenvalue weighted by Gasteiger charge is -2.32. The minimum Gasteiger partial charge on any atom is -0.493 e. The van der Waals surface area contributed by atoms with Gasteiger partial charge in [-0.25, -0.2) is 0 Å². The Balaban J connectivity index is 1.48. The molecule has 1 saturated heterocycles. The monoisotopic (exact) mass is 402 g/mol. The van der Waals surface area contributed by atoms with Crippen molar-refractivity contribution in [1.82, 2.24) is 15.5 Å². The van der Waals surface area contributed by atoms with E-state index in [1.807, 2.05) is 13.1 Å². The first-order chi connectivity index (χ1) is 14.2. The standard InChI is InChI=1S/C23H38N4O2/c1-4-13-27-14-11-19(12-15-27)26-23(24-2)25-17-18-9-10-21(22(16-18)28-3)29-20-7-5-6-8-20/h9-10,16,19-20H,4-8,11-15,17H2,1-3H3,(H2,24,25,26). The number of ether oxygens (including phenoxy) is 2. The van der Waals surface area contributed by atoms with E-state index >= 15 is 0 Å². The lowest BCUT2D eigenvalue weighted by molar-refractivity contribution is 0.200. The van der Waals surface area contributed by atoms with Crippen molar-refractivity contribution in [3.05, 3.63) is 23.8 Å². The van der Waals surface area contributed by atoms with Crippen LogP contribution in [0.3, 0.4) is 0 Å². The first-order valence-corrected chi connectivity index (χ1v) is 11.2. The fourth-order valence-electron chi connectivity index (χ4n) is 4.30. The number of methoxy groups -OCH3 is 1. The average molecular weight is 403 g/mol. The van der Waals surface area contributed by atoms with Crippen LogP contribution in [-0.2, 0) is 6.54 Å². The summed E-state index contributed by atoms with van der Waals surface area (Å²) in [4.78, 5) is 6.96. The van der Waals surface area contributed by atoms with E-state index < -0.39 is 0 Å². The summed E-state index contributed by atoms with van der Waals surface area (Å²) in [6.07, 6.45) is 8.72. The van der Waals surface area contributed by atoms with Gasteiger partial charge in [-0.3, -0.25) is 4.99 Å². The highest BCUT2D eigenvalue weighted by atomic mass is 16.5. The Kier molecular flexibility index (Phi) is 8.47. The van der Waals surface area contributed by atoms with E-state index in [1.54, 1.807) is 7.11 Å². The third-order valence-corrected chi connectivity index (χ3v) is 5.98. The topological polar surface area (TPSA) is 58.1 Å². The number of aliphatic imine (C=N–C) groups is 1. The van der Waals surface area contributed by atoms with Crippen LogP contribution in [0.5, 0.6) is 11.5 Å². The highest BCUT2D eigenvalue weighted by Crippen LogP contribution is 2.32. The third kappa shape index (κ3) is 6.53. The number of nitrogens with one attached hydrogen (secondary N) is 2. The second-order valence-electron chi connectivity index (χ2n) is 8.20. The van der Waals surface area contributed by atoms with Crippen molar-refractivity contribution in [2.24, 2.45) is 4.99 Å². The maximum Gasteiger partial charge on any atom is 0.191 e. The summed E-state index contributed by atoms with van der Waals surface area (Å²) in [5.41, 5.74) is 1.15. The first kappa shape index (κ1) is 21.8. The van der Waals surface area contributed by atoms with E-state index in [0.717, 1.165) is 35.9 Å². The summed E-state index contributed by atoms with van der Waals surface area (Å²) in [5.74, 6) is 2.52. The van der Waals surface area contributed by atoms with Gasteiger partial charge in [-0.2, -0.15) is 0 Å². The molecule has 0 radical (unpaired) electrons. The summed E-state index contributed by atoms with van der Waals surface area (Å²) < 4.78 is 11.7. The predicted molar refractivity (Wildman–Crippen MR) is 119 cm³/mol. The van der Waals surface area contributed by atoms with Gasteiger partial charge in [0, 0.05) is 32.7 Å². The number of hydrogen-bond donors (Lipinski definition) is 2. The van der Waals surface area contributed by atoms with Crippen molar-refractivity contribution in [2.45, 2.75) is 70.6 Å². The Morgan fingerprint density at radius 1 is 1.14 bits per heavy atom. The Morgan fingerprint density at radius 3 is 2.55 bits per heavy atom. The highest BCUT2D eigenvalue weighted by Gasteiger charge is 2.20. The van der Waals surface area contributed by atoms with E-state index in [4.69, 9.17) is 9.47 Å². The molecule has 29 heavy (non-hydrogen) atoms. The van der Waals surface area contributed by atoms with Crippen LogP contribution in [0.15, 0.2) is 23.2 Å². The molecule has 1 aliphatic heterocycles. The maximum absolute atomic E-state index is 6.14. The molecule has 6 nitrogen and oxygen atoms in total. The van der Waals surface area contributed by atoms with Crippen LogP contribution >= 0.6 is 0 Å². The minimum absolute atomic E-state index is 0.333. The van der Waals surface area contributed by atoms with Crippen molar-refractivity contribution < 1.29 is 9.47 Å². The van der Waals surface area contributed by atoms with E-state index in [9.17, 15) is 0 Å². The first-order valence-electron chi connectivity index (χ1n) is 11.2. The molecule has 1 aromatic carbocycles. The molecule has 6 heteroatoms. The van der Waals surface area contributed by atoms with Crippen LogP contribution < -0.4 is 20.1 Å². The summed E-state index contributed by atoms with van der Waals surface area (Å²) in [6.45, 7) is 6.50. The predicted octanol–water partition coefficient (Wildman–Crippen LogP) is 3.56. The Labute approximate surface area is 176 Å². The molecular formula is C23H38N4O2.